The molecule has 0 spiro atoms. The molecule has 0 nitrogen and oxygen atoms in total. The molecule has 2 rings (SSSR count). The average Bonchev–Trinajstić information content (AvgIpc) is 2.32. The van der Waals surface area contributed by atoms with Crippen molar-refractivity contribution in [1.82, 2.24) is 0 Å². The molecule has 0 amide bonds. The Balaban J connectivity index is 2.37. The van der Waals surface area contributed by atoms with Gasteiger partial charge in [0.15, 0.2) is 0 Å². The molecule has 82 valence electrons. The number of hydrogen-bond donors (Lipinski definition) is 0. The van der Waals surface area contributed by atoms with Crippen LogP contribution in [0.5, 0.6) is 0 Å². The van der Waals surface area contributed by atoms with E-state index in [-0.39, 0.29) is 0 Å². The third-order valence-electron chi connectivity index (χ3n) is 5.84. The third kappa shape index (κ3) is 1.25. The average molecular weight is 301 g/mol. The summed E-state index contributed by atoms with van der Waals surface area (Å²) in [7, 11) is 0. The molecule has 0 aliphatic heterocycles. The SMILES string of the molecule is CC1(C)[C@@H]2CC[C@@]1(C)[C@H]([Sn]([CH3])([CH3])[CH3])C2. The first-order valence-corrected chi connectivity index (χ1v) is 16.4. The van der Waals surface area contributed by atoms with Gasteiger partial charge in [-0.2, -0.15) is 0 Å². The van der Waals surface area contributed by atoms with Gasteiger partial charge < -0.3 is 0 Å². The van der Waals surface area contributed by atoms with Crippen molar-refractivity contribution >= 4 is 18.4 Å². The van der Waals surface area contributed by atoms with E-state index in [1.807, 2.05) is 0 Å². The minimum absolute atomic E-state index is 0.641. The zero-order valence-electron chi connectivity index (χ0n) is 10.8. The molecule has 0 aromatic carbocycles. The standard InChI is InChI=1S/C10H17.3CH3.Sn/c1-9(2)8-4-6-10(9,3)7-5-8;;;;/h6,8H,4-5,7H2,1-3H3;3*1H3;/t8-,10+;;;;/m0..../s1. The molecule has 3 atom stereocenters. The van der Waals surface area contributed by atoms with E-state index in [0.717, 1.165) is 9.85 Å². The first-order chi connectivity index (χ1) is 6.19. The van der Waals surface area contributed by atoms with Crippen LogP contribution >= 0.6 is 0 Å². The Kier molecular flexibility index (Phi) is 2.36. The molecule has 2 fully saturated rings. The second-order valence-electron chi connectivity index (χ2n) is 7.53. The Bertz CT molecular complexity index is 248. The second kappa shape index (κ2) is 2.92. The Morgan fingerprint density at radius 1 is 1.07 bits per heavy atom. The van der Waals surface area contributed by atoms with Crippen molar-refractivity contribution in [1.29, 1.82) is 0 Å². The van der Waals surface area contributed by atoms with Crippen LogP contribution in [0.4, 0.5) is 0 Å². The molecule has 0 aromatic rings. The van der Waals surface area contributed by atoms with Gasteiger partial charge in [0.2, 0.25) is 0 Å². The van der Waals surface area contributed by atoms with Gasteiger partial charge in [-0.15, -0.1) is 0 Å². The van der Waals surface area contributed by atoms with Crippen LogP contribution < -0.4 is 0 Å². The summed E-state index contributed by atoms with van der Waals surface area (Å²) < 4.78 is 1.14. The molecule has 2 saturated carbocycles. The third-order valence-corrected chi connectivity index (χ3v) is 14.3. The molecule has 0 unspecified atom stereocenters. The summed E-state index contributed by atoms with van der Waals surface area (Å²) >= 11 is -1.68. The van der Waals surface area contributed by atoms with Crippen molar-refractivity contribution in [2.75, 3.05) is 0 Å². The molecule has 2 bridgehead atoms. The van der Waals surface area contributed by atoms with Gasteiger partial charge in [0.1, 0.15) is 0 Å². The fourth-order valence-corrected chi connectivity index (χ4v) is 14.3. The van der Waals surface area contributed by atoms with E-state index in [4.69, 9.17) is 0 Å². The Morgan fingerprint density at radius 3 is 1.86 bits per heavy atom. The molecule has 1 heteroatoms. The normalized spacial score (nSPS) is 45.9. The van der Waals surface area contributed by atoms with Crippen LogP contribution in [0, 0.1) is 16.7 Å². The first kappa shape index (κ1) is 11.3. The molecule has 0 heterocycles. The predicted octanol–water partition coefficient (Wildman–Crippen LogP) is 4.54. The fraction of sp³-hybridized carbons (Fsp3) is 1.00. The maximum atomic E-state index is 2.64. The summed E-state index contributed by atoms with van der Waals surface area (Å²) in [5.41, 5.74) is 1.34. The van der Waals surface area contributed by atoms with Crippen LogP contribution in [0.3, 0.4) is 0 Å². The Morgan fingerprint density at radius 2 is 1.64 bits per heavy atom. The minimum atomic E-state index is -1.68. The summed E-state index contributed by atoms with van der Waals surface area (Å²) in [6.07, 6.45) is 4.61. The van der Waals surface area contributed by atoms with Crippen molar-refractivity contribution in [3.63, 3.8) is 0 Å². The van der Waals surface area contributed by atoms with E-state index in [2.05, 4.69) is 35.6 Å². The Labute approximate surface area is 93.7 Å². The predicted molar refractivity (Wildman–Crippen MR) is 66.3 cm³/mol. The fourth-order valence-electron chi connectivity index (χ4n) is 4.51. The van der Waals surface area contributed by atoms with E-state index >= 15 is 0 Å². The van der Waals surface area contributed by atoms with E-state index < -0.39 is 18.4 Å². The van der Waals surface area contributed by atoms with E-state index in [1.54, 1.807) is 6.42 Å². The van der Waals surface area contributed by atoms with Gasteiger partial charge >= 0.3 is 93.9 Å². The molecular weight excluding hydrogens is 275 g/mol. The zero-order chi connectivity index (χ0) is 10.8. The number of fused-ring (bicyclic) bond motifs is 2. The molecule has 0 N–H and O–H groups in total. The van der Waals surface area contributed by atoms with Gasteiger partial charge in [-0.25, -0.2) is 0 Å². The van der Waals surface area contributed by atoms with Gasteiger partial charge in [0, 0.05) is 0 Å². The van der Waals surface area contributed by atoms with Crippen molar-refractivity contribution in [2.45, 2.75) is 58.8 Å². The van der Waals surface area contributed by atoms with E-state index in [9.17, 15) is 0 Å². The van der Waals surface area contributed by atoms with Crippen molar-refractivity contribution in [2.24, 2.45) is 16.7 Å². The summed E-state index contributed by atoms with van der Waals surface area (Å²) in [5, 5.41) is 0. The monoisotopic (exact) mass is 302 g/mol. The summed E-state index contributed by atoms with van der Waals surface area (Å²) in [6, 6.07) is 0. The maximum absolute atomic E-state index is 2.64. The summed E-state index contributed by atoms with van der Waals surface area (Å²) in [4.78, 5) is 7.92. The van der Waals surface area contributed by atoms with Crippen LogP contribution in [0.1, 0.15) is 40.0 Å². The van der Waals surface area contributed by atoms with Crippen LogP contribution in [-0.4, -0.2) is 18.4 Å². The number of hydrogen-bond acceptors (Lipinski definition) is 0. The second-order valence-corrected chi connectivity index (χ2v) is 23.0. The van der Waals surface area contributed by atoms with Crippen molar-refractivity contribution < 1.29 is 0 Å². The van der Waals surface area contributed by atoms with E-state index in [0.29, 0.717) is 10.8 Å². The van der Waals surface area contributed by atoms with E-state index in [1.165, 1.54) is 12.8 Å². The molecular formula is C13H26Sn. The molecule has 0 aromatic heterocycles. The molecule has 14 heavy (non-hydrogen) atoms. The van der Waals surface area contributed by atoms with Gasteiger partial charge in [-0.1, -0.05) is 0 Å². The Hall–Kier alpha value is 0.799. The molecule has 0 saturated heterocycles. The number of rotatable bonds is 1. The van der Waals surface area contributed by atoms with Crippen LogP contribution in [-0.2, 0) is 0 Å². The van der Waals surface area contributed by atoms with Gasteiger partial charge in [0.05, 0.1) is 0 Å². The van der Waals surface area contributed by atoms with Gasteiger partial charge in [0.25, 0.3) is 0 Å². The quantitative estimate of drug-likeness (QED) is 0.624. The van der Waals surface area contributed by atoms with Crippen LogP contribution in [0.2, 0.25) is 18.8 Å². The van der Waals surface area contributed by atoms with Crippen LogP contribution in [0.25, 0.3) is 0 Å². The molecule has 2 aliphatic carbocycles. The van der Waals surface area contributed by atoms with Crippen LogP contribution in [0.15, 0.2) is 0 Å². The van der Waals surface area contributed by atoms with Gasteiger partial charge in [-0.3, -0.25) is 0 Å². The zero-order valence-corrected chi connectivity index (χ0v) is 13.6. The summed E-state index contributed by atoms with van der Waals surface area (Å²) in [6.45, 7) is 7.69. The van der Waals surface area contributed by atoms with Gasteiger partial charge in [-0.05, 0) is 0 Å². The topological polar surface area (TPSA) is 0 Å². The van der Waals surface area contributed by atoms with Crippen molar-refractivity contribution in [3.8, 4) is 0 Å². The first-order valence-electron chi connectivity index (χ1n) is 6.19. The summed E-state index contributed by atoms with van der Waals surface area (Å²) in [5.74, 6) is 1.05. The molecule has 0 radical (unpaired) electrons. The molecule has 2 aliphatic rings. The van der Waals surface area contributed by atoms with Crippen molar-refractivity contribution in [3.05, 3.63) is 0 Å².